The van der Waals surface area contributed by atoms with Crippen LogP contribution in [0.1, 0.15) is 31.9 Å². The van der Waals surface area contributed by atoms with E-state index in [9.17, 15) is 0 Å². The van der Waals surface area contributed by atoms with Crippen LogP contribution in [0.4, 0.5) is 34.1 Å². The number of thiophene rings is 1. The van der Waals surface area contributed by atoms with E-state index in [2.05, 4.69) is 212 Å². The van der Waals surface area contributed by atoms with Gasteiger partial charge >= 0.3 is 6.85 Å². The Balaban J connectivity index is 1.12. The zero-order chi connectivity index (χ0) is 45.4. The Hall–Kier alpha value is -8.00. The number of para-hydroxylation sites is 4. The lowest BCUT2D eigenvalue weighted by Gasteiger charge is -2.42. The van der Waals surface area contributed by atoms with Crippen LogP contribution in [0.15, 0.2) is 194 Å². The number of rotatable bonds is 5. The first-order valence-corrected chi connectivity index (χ1v) is 24.3. The lowest BCUT2D eigenvalue weighted by atomic mass is 9.45. The van der Waals surface area contributed by atoms with Gasteiger partial charge < -0.3 is 23.8 Å². The van der Waals surface area contributed by atoms with Gasteiger partial charge in [0.25, 0.3) is 0 Å². The van der Waals surface area contributed by atoms with Crippen molar-refractivity contribution in [3.05, 3.63) is 205 Å². The summed E-state index contributed by atoms with van der Waals surface area (Å²) in [5, 5.41) is 3.79. The molecule has 14 rings (SSSR count). The number of ether oxygens (including phenoxy) is 2. The summed E-state index contributed by atoms with van der Waals surface area (Å²) in [5.74, 6) is 2.82. The quantitative estimate of drug-likeness (QED) is 0.161. The van der Waals surface area contributed by atoms with Crippen molar-refractivity contribution >= 4 is 94.4 Å². The molecule has 11 aromatic rings. The van der Waals surface area contributed by atoms with Crippen molar-refractivity contribution in [2.75, 3.05) is 9.80 Å². The third-order valence-corrected chi connectivity index (χ3v) is 15.4. The Kier molecular flexibility index (Phi) is 8.36. The van der Waals surface area contributed by atoms with Gasteiger partial charge in [-0.1, -0.05) is 136 Å². The van der Waals surface area contributed by atoms with Crippen LogP contribution in [-0.4, -0.2) is 11.3 Å². The molecule has 0 unspecified atom stereocenters. The first-order chi connectivity index (χ1) is 33.3. The zero-order valence-corrected chi connectivity index (χ0v) is 38.9. The van der Waals surface area contributed by atoms with E-state index in [1.54, 1.807) is 0 Å². The summed E-state index contributed by atoms with van der Waals surface area (Å²) in [4.78, 5) is 6.21. The minimum absolute atomic E-state index is 0.0539. The van der Waals surface area contributed by atoms with Crippen molar-refractivity contribution in [3.63, 3.8) is 0 Å². The first-order valence-electron chi connectivity index (χ1n) is 23.4. The summed E-state index contributed by atoms with van der Waals surface area (Å²) >= 11 is 1.89. The second kappa shape index (κ2) is 14.5. The maximum atomic E-state index is 6.83. The lowest BCUT2D eigenvalue weighted by molar-refractivity contribution is 0.360. The summed E-state index contributed by atoms with van der Waals surface area (Å²) in [6, 6.07) is 70.6. The van der Waals surface area contributed by atoms with Crippen LogP contribution >= 0.6 is 11.3 Å². The molecular weight excluding hydrogens is 850 g/mol. The van der Waals surface area contributed by atoms with Crippen molar-refractivity contribution in [3.8, 4) is 45.3 Å². The van der Waals surface area contributed by atoms with E-state index in [0.717, 1.165) is 39.6 Å². The van der Waals surface area contributed by atoms with E-state index in [4.69, 9.17) is 9.47 Å². The highest BCUT2D eigenvalue weighted by Gasteiger charge is 2.45. The fourth-order valence-electron chi connectivity index (χ4n) is 11.2. The predicted molar refractivity (Wildman–Crippen MR) is 286 cm³/mol. The van der Waals surface area contributed by atoms with E-state index < -0.39 is 0 Å². The fourth-order valence-corrected chi connectivity index (χ4v) is 12.4. The van der Waals surface area contributed by atoms with Crippen LogP contribution in [-0.2, 0) is 5.41 Å². The second-order valence-corrected chi connectivity index (χ2v) is 20.4. The number of aromatic nitrogens is 1. The Morgan fingerprint density at radius 1 is 0.529 bits per heavy atom. The van der Waals surface area contributed by atoms with Gasteiger partial charge in [-0.05, 0) is 118 Å². The van der Waals surface area contributed by atoms with Crippen molar-refractivity contribution in [1.29, 1.82) is 0 Å². The molecule has 324 valence electrons. The summed E-state index contributed by atoms with van der Waals surface area (Å²) in [6.45, 7) is 8.93. The molecule has 0 radical (unpaired) electrons. The SMILES string of the molecule is Cc1cc2c3c(c1)N(c1ccc(C(C)(C)C)cc1-c1ccccc1)c1cc4c(cc1B3n1c3sc5ccccc5c3c3c(N(c5ccccc5)c5ccccc5)ccc-2c31)Oc1ccccc1O4. The highest BCUT2D eigenvalue weighted by molar-refractivity contribution is 7.26. The Morgan fingerprint density at radius 2 is 1.18 bits per heavy atom. The predicted octanol–water partition coefficient (Wildman–Crippen LogP) is 16.1. The molecule has 9 aromatic carbocycles. The maximum Gasteiger partial charge on any atom is 0.333 e. The van der Waals surface area contributed by atoms with Gasteiger partial charge in [-0.25, -0.2) is 0 Å². The minimum atomic E-state index is -0.204. The van der Waals surface area contributed by atoms with E-state index in [-0.39, 0.29) is 12.3 Å². The smallest absolute Gasteiger partial charge is 0.333 e. The topological polar surface area (TPSA) is 29.9 Å². The average Bonchev–Trinajstić information content (AvgIpc) is 3.90. The molecule has 5 heterocycles. The van der Waals surface area contributed by atoms with Gasteiger partial charge in [0.2, 0.25) is 0 Å². The molecule has 7 heteroatoms. The van der Waals surface area contributed by atoms with Gasteiger partial charge in [-0.15, -0.1) is 11.3 Å². The summed E-state index contributed by atoms with van der Waals surface area (Å²) in [6.07, 6.45) is 0. The third kappa shape index (κ3) is 5.69. The maximum absolute atomic E-state index is 6.83. The van der Waals surface area contributed by atoms with Crippen LogP contribution in [0.3, 0.4) is 0 Å². The van der Waals surface area contributed by atoms with Crippen LogP contribution in [0.5, 0.6) is 23.0 Å². The summed E-state index contributed by atoms with van der Waals surface area (Å²) in [5.41, 5.74) is 17.6. The molecule has 0 spiro atoms. The van der Waals surface area contributed by atoms with Gasteiger partial charge in [0.15, 0.2) is 23.0 Å². The number of hydrogen-bond donors (Lipinski definition) is 0. The molecule has 0 saturated carbocycles. The molecule has 0 amide bonds. The van der Waals surface area contributed by atoms with Crippen LogP contribution < -0.4 is 30.2 Å². The highest BCUT2D eigenvalue weighted by atomic mass is 32.1. The van der Waals surface area contributed by atoms with E-state index in [1.807, 2.05) is 35.6 Å². The van der Waals surface area contributed by atoms with Crippen LogP contribution in [0, 0.1) is 6.92 Å². The van der Waals surface area contributed by atoms with E-state index >= 15 is 0 Å². The second-order valence-electron chi connectivity index (χ2n) is 19.4. The molecule has 0 bridgehead atoms. The molecule has 5 nitrogen and oxygen atoms in total. The number of nitrogens with zero attached hydrogens (tertiary/aromatic N) is 3. The normalized spacial score (nSPS) is 13.2. The van der Waals surface area contributed by atoms with E-state index in [0.29, 0.717) is 23.0 Å². The monoisotopic (exact) mass is 893 g/mol. The summed E-state index contributed by atoms with van der Waals surface area (Å²) in [7, 11) is 0. The van der Waals surface area contributed by atoms with Gasteiger partial charge in [0, 0.05) is 66.3 Å². The minimum Gasteiger partial charge on any atom is -0.450 e. The van der Waals surface area contributed by atoms with Gasteiger partial charge in [0.05, 0.1) is 16.2 Å². The third-order valence-electron chi connectivity index (χ3n) is 14.2. The molecule has 0 N–H and O–H groups in total. The first kappa shape index (κ1) is 39.2. The average molecular weight is 894 g/mol. The number of aryl methyl sites for hydroxylation is 1. The molecule has 0 atom stereocenters. The Bertz CT molecular complexity index is 3830. The Labute approximate surface area is 399 Å². The fraction of sp³-hybridized carbons (Fsp3) is 0.0820. The zero-order valence-electron chi connectivity index (χ0n) is 38.1. The van der Waals surface area contributed by atoms with Gasteiger partial charge in [-0.3, -0.25) is 0 Å². The van der Waals surface area contributed by atoms with Gasteiger partial charge in [-0.2, -0.15) is 0 Å². The van der Waals surface area contributed by atoms with Crippen molar-refractivity contribution in [2.24, 2.45) is 0 Å². The molecule has 0 aliphatic carbocycles. The molecule has 0 saturated heterocycles. The molecule has 3 aliphatic rings. The molecule has 2 aromatic heterocycles. The standard InChI is InChI=1S/C61H44BN3O2S/c1-37-32-45-42-29-31-48(63(40-20-10-6-11-21-40)41-22-12-7-13-23-41)57-56-43-24-14-17-27-55(43)68-60(56)65(59(42)57)62-46-35-53-54(67-52-26-16-15-25-51(52)66-53)36-49(46)64(50(33-37)58(45)62)47-30-28-39(61(2,3)4)34-44(47)38-18-8-5-9-19-38/h5-36H,1-4H3. The van der Waals surface area contributed by atoms with Crippen molar-refractivity contribution in [1.82, 2.24) is 4.48 Å². The Morgan fingerprint density at radius 3 is 1.88 bits per heavy atom. The summed E-state index contributed by atoms with van der Waals surface area (Å²) < 4.78 is 17.6. The lowest BCUT2D eigenvalue weighted by Crippen LogP contribution is -2.56. The molecule has 3 aliphatic heterocycles. The molecule has 68 heavy (non-hydrogen) atoms. The van der Waals surface area contributed by atoms with E-state index in [1.165, 1.54) is 70.0 Å². The van der Waals surface area contributed by atoms with Crippen molar-refractivity contribution < 1.29 is 9.47 Å². The van der Waals surface area contributed by atoms with Crippen molar-refractivity contribution in [2.45, 2.75) is 33.1 Å². The number of fused-ring (bicyclic) bond motifs is 11. The van der Waals surface area contributed by atoms with Crippen LogP contribution in [0.2, 0.25) is 0 Å². The van der Waals surface area contributed by atoms with Gasteiger partial charge in [0.1, 0.15) is 0 Å². The largest absolute Gasteiger partial charge is 0.450 e. The molecule has 0 fully saturated rings. The number of benzene rings is 9. The number of hydrogen-bond acceptors (Lipinski definition) is 5. The van der Waals surface area contributed by atoms with Crippen LogP contribution in [0.25, 0.3) is 53.5 Å². The highest BCUT2D eigenvalue weighted by Crippen LogP contribution is 2.55. The molecular formula is C61H44BN3O2S. The number of anilines is 6.